The Bertz CT molecular complexity index is 1190. The second-order valence-corrected chi connectivity index (χ2v) is 6.25. The van der Waals surface area contributed by atoms with E-state index in [0.717, 1.165) is 5.56 Å². The first-order valence-electron chi connectivity index (χ1n) is 8.78. The van der Waals surface area contributed by atoms with Crippen molar-refractivity contribution in [3.05, 3.63) is 83.9 Å². The summed E-state index contributed by atoms with van der Waals surface area (Å²) >= 11 is 0. The van der Waals surface area contributed by atoms with Crippen LogP contribution in [0.25, 0.3) is 5.65 Å². The minimum absolute atomic E-state index is 0.305. The molecule has 4 aromatic rings. The highest BCUT2D eigenvalue weighted by Crippen LogP contribution is 2.16. The molecule has 0 spiro atoms. The third-order valence-electron chi connectivity index (χ3n) is 4.22. The number of pyridine rings is 1. The number of nitrogens with zero attached hydrogens (tertiary/aromatic N) is 4. The predicted molar refractivity (Wildman–Crippen MR) is 107 cm³/mol. The van der Waals surface area contributed by atoms with Crippen LogP contribution in [0.4, 0.5) is 11.5 Å². The zero-order chi connectivity index (χ0) is 20.2. The van der Waals surface area contributed by atoms with Crippen molar-refractivity contribution in [2.24, 2.45) is 5.73 Å². The number of anilines is 2. The fraction of sp³-hybridized carbons (Fsp3) is 0.0500. The molecule has 4 N–H and O–H groups in total. The highest BCUT2D eigenvalue weighted by Gasteiger charge is 2.15. The molecule has 9 nitrogen and oxygen atoms in total. The van der Waals surface area contributed by atoms with Gasteiger partial charge in [-0.25, -0.2) is 9.50 Å². The van der Waals surface area contributed by atoms with Crippen LogP contribution in [0.3, 0.4) is 0 Å². The number of hydrogen-bond donors (Lipinski definition) is 3. The van der Waals surface area contributed by atoms with E-state index in [1.165, 1.54) is 16.8 Å². The van der Waals surface area contributed by atoms with Crippen molar-refractivity contribution in [3.63, 3.8) is 0 Å². The molecule has 0 bridgehead atoms. The van der Waals surface area contributed by atoms with E-state index in [4.69, 9.17) is 5.73 Å². The molecule has 3 aromatic heterocycles. The summed E-state index contributed by atoms with van der Waals surface area (Å²) in [5.41, 5.74) is 7.77. The molecule has 1 aromatic carbocycles. The van der Waals surface area contributed by atoms with Crippen molar-refractivity contribution in [2.45, 2.75) is 6.54 Å². The minimum atomic E-state index is -0.567. The fourth-order valence-corrected chi connectivity index (χ4v) is 2.77. The summed E-state index contributed by atoms with van der Waals surface area (Å²) in [6.45, 7) is 0.548. The lowest BCUT2D eigenvalue weighted by atomic mass is 10.2. The van der Waals surface area contributed by atoms with Crippen LogP contribution in [0, 0.1) is 0 Å². The number of carbonyl (C=O) groups excluding carboxylic acids is 2. The molecule has 9 heteroatoms. The largest absolute Gasteiger partial charge is 0.366 e. The van der Waals surface area contributed by atoms with Gasteiger partial charge >= 0.3 is 0 Å². The Kier molecular flexibility index (Phi) is 4.85. The molecular formula is C20H17N7O2. The van der Waals surface area contributed by atoms with E-state index < -0.39 is 11.8 Å². The van der Waals surface area contributed by atoms with Crippen molar-refractivity contribution in [1.82, 2.24) is 19.6 Å². The van der Waals surface area contributed by atoms with E-state index in [1.54, 1.807) is 42.9 Å². The SMILES string of the molecule is NC(=O)c1cccc(NC(=O)c2cnn3ccc(NCc4cccnc4)nc23)c1. The number of amides is 2. The number of fused-ring (bicyclic) bond motifs is 1. The molecular weight excluding hydrogens is 370 g/mol. The van der Waals surface area contributed by atoms with Gasteiger partial charge in [0.2, 0.25) is 5.91 Å². The van der Waals surface area contributed by atoms with Gasteiger partial charge in [0, 0.05) is 36.4 Å². The van der Waals surface area contributed by atoms with Crippen molar-refractivity contribution in [3.8, 4) is 0 Å². The second-order valence-electron chi connectivity index (χ2n) is 6.25. The predicted octanol–water partition coefficient (Wildman–Crippen LogP) is 2.09. The summed E-state index contributed by atoms with van der Waals surface area (Å²) in [5.74, 6) is -0.353. The third kappa shape index (κ3) is 4.03. The first-order valence-corrected chi connectivity index (χ1v) is 8.78. The Morgan fingerprint density at radius 3 is 2.79 bits per heavy atom. The maximum absolute atomic E-state index is 12.7. The number of hydrogen-bond acceptors (Lipinski definition) is 6. The molecule has 0 atom stereocenters. The van der Waals surface area contributed by atoms with Gasteiger partial charge in [0.05, 0.1) is 6.20 Å². The van der Waals surface area contributed by atoms with Crippen LogP contribution in [0.1, 0.15) is 26.3 Å². The normalized spacial score (nSPS) is 10.6. The molecule has 0 aliphatic heterocycles. The molecule has 0 saturated carbocycles. The van der Waals surface area contributed by atoms with Crippen LogP contribution in [0.2, 0.25) is 0 Å². The monoisotopic (exact) mass is 387 g/mol. The van der Waals surface area contributed by atoms with E-state index in [0.29, 0.717) is 34.8 Å². The molecule has 0 aliphatic rings. The summed E-state index contributed by atoms with van der Waals surface area (Å²) in [4.78, 5) is 32.6. The van der Waals surface area contributed by atoms with E-state index in [-0.39, 0.29) is 0 Å². The highest BCUT2D eigenvalue weighted by atomic mass is 16.2. The molecule has 0 radical (unpaired) electrons. The Hall–Kier alpha value is -4.27. The van der Waals surface area contributed by atoms with Gasteiger partial charge in [-0.1, -0.05) is 12.1 Å². The van der Waals surface area contributed by atoms with Crippen LogP contribution in [0.15, 0.2) is 67.3 Å². The first kappa shape index (κ1) is 18.1. The van der Waals surface area contributed by atoms with E-state index in [1.807, 2.05) is 12.1 Å². The Balaban J connectivity index is 1.54. The number of rotatable bonds is 6. The van der Waals surface area contributed by atoms with Gasteiger partial charge < -0.3 is 16.4 Å². The van der Waals surface area contributed by atoms with Gasteiger partial charge in [-0.05, 0) is 35.9 Å². The molecule has 144 valence electrons. The van der Waals surface area contributed by atoms with Gasteiger partial charge in [-0.3, -0.25) is 14.6 Å². The Morgan fingerprint density at radius 1 is 1.10 bits per heavy atom. The fourth-order valence-electron chi connectivity index (χ4n) is 2.77. The molecule has 0 saturated heterocycles. The lowest BCUT2D eigenvalue weighted by Gasteiger charge is -2.07. The molecule has 4 rings (SSSR count). The maximum atomic E-state index is 12.7. The zero-order valence-corrected chi connectivity index (χ0v) is 15.2. The van der Waals surface area contributed by atoms with Crippen LogP contribution in [-0.2, 0) is 6.54 Å². The lowest BCUT2D eigenvalue weighted by Crippen LogP contribution is -2.14. The summed E-state index contributed by atoms with van der Waals surface area (Å²) in [7, 11) is 0. The average Bonchev–Trinajstić information content (AvgIpc) is 3.16. The topological polar surface area (TPSA) is 127 Å². The van der Waals surface area contributed by atoms with Gasteiger partial charge in [-0.15, -0.1) is 0 Å². The molecule has 0 unspecified atom stereocenters. The number of nitrogens with one attached hydrogen (secondary N) is 2. The van der Waals surface area contributed by atoms with Crippen LogP contribution in [0.5, 0.6) is 0 Å². The summed E-state index contributed by atoms with van der Waals surface area (Å²) in [6.07, 6.45) is 6.65. The number of benzene rings is 1. The number of nitrogens with two attached hydrogens (primary N) is 1. The quantitative estimate of drug-likeness (QED) is 0.465. The molecule has 0 fully saturated rings. The van der Waals surface area contributed by atoms with Crippen LogP contribution >= 0.6 is 0 Å². The molecule has 0 aliphatic carbocycles. The number of aromatic nitrogens is 4. The standard InChI is InChI=1S/C20H17N7O2/c21-18(28)14-4-1-5-15(9-14)25-20(29)16-12-24-27-8-6-17(26-19(16)27)23-11-13-3-2-7-22-10-13/h1-10,12H,11H2,(H2,21,28)(H,23,26)(H,25,29). The van der Waals surface area contributed by atoms with Gasteiger partial charge in [-0.2, -0.15) is 5.10 Å². The van der Waals surface area contributed by atoms with Crippen molar-refractivity contribution >= 4 is 29.0 Å². The molecule has 2 amide bonds. The molecule has 3 heterocycles. The minimum Gasteiger partial charge on any atom is -0.366 e. The van der Waals surface area contributed by atoms with E-state index >= 15 is 0 Å². The summed E-state index contributed by atoms with van der Waals surface area (Å²) in [5, 5.41) is 10.1. The molecule has 29 heavy (non-hydrogen) atoms. The maximum Gasteiger partial charge on any atom is 0.261 e. The van der Waals surface area contributed by atoms with Crippen molar-refractivity contribution in [1.29, 1.82) is 0 Å². The summed E-state index contributed by atoms with van der Waals surface area (Å²) in [6, 6.07) is 12.0. The van der Waals surface area contributed by atoms with E-state index in [2.05, 4.69) is 25.7 Å². The van der Waals surface area contributed by atoms with Gasteiger partial charge in [0.1, 0.15) is 11.4 Å². The van der Waals surface area contributed by atoms with Gasteiger partial charge in [0.15, 0.2) is 5.65 Å². The number of carbonyl (C=O) groups is 2. The number of primary amides is 1. The lowest BCUT2D eigenvalue weighted by molar-refractivity contribution is 0.0996. The zero-order valence-electron chi connectivity index (χ0n) is 15.2. The average molecular weight is 387 g/mol. The van der Waals surface area contributed by atoms with Crippen LogP contribution < -0.4 is 16.4 Å². The van der Waals surface area contributed by atoms with Crippen molar-refractivity contribution in [2.75, 3.05) is 10.6 Å². The van der Waals surface area contributed by atoms with Gasteiger partial charge in [0.25, 0.3) is 5.91 Å². The highest BCUT2D eigenvalue weighted by molar-refractivity contribution is 6.08. The van der Waals surface area contributed by atoms with Crippen LogP contribution in [-0.4, -0.2) is 31.4 Å². The van der Waals surface area contributed by atoms with E-state index in [9.17, 15) is 9.59 Å². The first-order chi connectivity index (χ1) is 14.1. The smallest absolute Gasteiger partial charge is 0.261 e. The summed E-state index contributed by atoms with van der Waals surface area (Å²) < 4.78 is 1.52. The second kappa shape index (κ2) is 7.77. The Labute approximate surface area is 165 Å². The van der Waals surface area contributed by atoms with Crippen molar-refractivity contribution < 1.29 is 9.59 Å². The third-order valence-corrected chi connectivity index (χ3v) is 4.22. The Morgan fingerprint density at radius 2 is 2.00 bits per heavy atom.